The molecule has 198 valence electrons. The van der Waals surface area contributed by atoms with Crippen molar-refractivity contribution in [1.82, 2.24) is 14.3 Å². The summed E-state index contributed by atoms with van der Waals surface area (Å²) in [5.74, 6) is -0.223. The summed E-state index contributed by atoms with van der Waals surface area (Å²) in [6.07, 6.45) is 13.7. The van der Waals surface area contributed by atoms with Gasteiger partial charge in [0.05, 0.1) is 10.5 Å². The number of hydrogen-bond acceptors (Lipinski definition) is 7. The van der Waals surface area contributed by atoms with E-state index in [1.165, 1.54) is 16.2 Å². The van der Waals surface area contributed by atoms with Crippen molar-refractivity contribution in [1.29, 1.82) is 0 Å². The molecule has 2 aliphatic heterocycles. The monoisotopic (exact) mass is 542 g/mol. The van der Waals surface area contributed by atoms with Crippen molar-refractivity contribution in [3.8, 4) is 0 Å². The van der Waals surface area contributed by atoms with Crippen molar-refractivity contribution in [2.45, 2.75) is 70.6 Å². The highest BCUT2D eigenvalue weighted by Crippen LogP contribution is 2.34. The van der Waals surface area contributed by atoms with E-state index < -0.39 is 5.97 Å². The van der Waals surface area contributed by atoms with Gasteiger partial charge in [0.1, 0.15) is 15.8 Å². The number of carboxylic acid groups (broad SMARTS) is 1. The highest BCUT2D eigenvalue weighted by Gasteiger charge is 2.32. The van der Waals surface area contributed by atoms with Crippen LogP contribution in [-0.2, 0) is 9.59 Å². The highest BCUT2D eigenvalue weighted by molar-refractivity contribution is 8.26. The number of hydrogen-bond donors (Lipinski definition) is 1. The Bertz CT molecular complexity index is 1240. The molecule has 0 aromatic carbocycles. The van der Waals surface area contributed by atoms with Crippen LogP contribution in [0.4, 0.5) is 5.82 Å². The van der Waals surface area contributed by atoms with Crippen LogP contribution in [-0.4, -0.2) is 55.2 Å². The molecule has 0 radical (unpaired) electrons. The minimum absolute atomic E-state index is 0.140. The normalized spacial score (nSPS) is 17.0. The standard InChI is InChI=1S/C27H34N4O4S2/c32-23(33)14-7-5-3-1-2-4-6-9-18-31-26(35)21(37-27(31)36)19-20-24(29-15-11-12-16-29)28-22-13-8-10-17-30(22)25(20)34/h8,10,13,17,19H,1-7,9,11-12,14-16,18H2,(H,32,33). The lowest BCUT2D eigenvalue weighted by atomic mass is 10.1. The average molecular weight is 543 g/mol. The molecule has 10 heteroatoms. The lowest BCUT2D eigenvalue weighted by Crippen LogP contribution is -2.29. The van der Waals surface area contributed by atoms with E-state index in [0.717, 1.165) is 77.3 Å². The van der Waals surface area contributed by atoms with Crippen LogP contribution in [0.15, 0.2) is 34.1 Å². The first-order valence-corrected chi connectivity index (χ1v) is 14.4. The fourth-order valence-corrected chi connectivity index (χ4v) is 6.11. The van der Waals surface area contributed by atoms with E-state index in [9.17, 15) is 14.4 Å². The molecule has 1 amide bonds. The summed E-state index contributed by atoms with van der Waals surface area (Å²) in [7, 11) is 0. The number of unbranched alkanes of at least 4 members (excludes halogenated alkanes) is 7. The molecule has 4 heterocycles. The third kappa shape index (κ3) is 6.98. The first-order valence-electron chi connectivity index (χ1n) is 13.2. The van der Waals surface area contributed by atoms with E-state index in [1.54, 1.807) is 23.2 Å². The Labute approximate surface area is 226 Å². The lowest BCUT2D eigenvalue weighted by Gasteiger charge is -2.19. The molecule has 2 aromatic heterocycles. The average Bonchev–Trinajstić information content (AvgIpc) is 3.51. The van der Waals surface area contributed by atoms with Gasteiger partial charge in [-0.25, -0.2) is 4.98 Å². The van der Waals surface area contributed by atoms with E-state index in [2.05, 4.69) is 4.90 Å². The van der Waals surface area contributed by atoms with Crippen LogP contribution in [0.1, 0.15) is 76.2 Å². The zero-order chi connectivity index (χ0) is 26.2. The molecule has 2 aromatic rings. The Morgan fingerprint density at radius 2 is 1.70 bits per heavy atom. The molecule has 2 saturated heterocycles. The highest BCUT2D eigenvalue weighted by atomic mass is 32.2. The number of carboxylic acids is 1. The molecule has 2 aliphatic rings. The Kier molecular flexibility index (Phi) is 9.74. The number of carbonyl (C=O) groups excluding carboxylic acids is 1. The quantitative estimate of drug-likeness (QED) is 0.212. The van der Waals surface area contributed by atoms with Gasteiger partial charge in [-0.2, -0.15) is 0 Å². The van der Waals surface area contributed by atoms with Gasteiger partial charge in [0.2, 0.25) is 0 Å². The van der Waals surface area contributed by atoms with Crippen molar-refractivity contribution in [3.63, 3.8) is 0 Å². The number of amides is 1. The Hall–Kier alpha value is -2.72. The summed E-state index contributed by atoms with van der Waals surface area (Å²) in [5.41, 5.74) is 0.856. The first-order chi connectivity index (χ1) is 18.0. The number of carbonyl (C=O) groups is 2. The Morgan fingerprint density at radius 3 is 2.41 bits per heavy atom. The summed E-state index contributed by atoms with van der Waals surface area (Å²) >= 11 is 6.77. The summed E-state index contributed by atoms with van der Waals surface area (Å²) in [4.78, 5) is 46.2. The van der Waals surface area contributed by atoms with Gasteiger partial charge in [0.15, 0.2) is 0 Å². The molecule has 0 atom stereocenters. The van der Waals surface area contributed by atoms with Crippen LogP contribution in [0.5, 0.6) is 0 Å². The van der Waals surface area contributed by atoms with Gasteiger partial charge in [-0.3, -0.25) is 23.7 Å². The van der Waals surface area contributed by atoms with Crippen molar-refractivity contribution < 1.29 is 14.7 Å². The molecular weight excluding hydrogens is 508 g/mol. The third-order valence-corrected chi connectivity index (χ3v) is 8.20. The van der Waals surface area contributed by atoms with E-state index in [-0.39, 0.29) is 17.9 Å². The van der Waals surface area contributed by atoms with Gasteiger partial charge in [-0.05, 0) is 43.9 Å². The van der Waals surface area contributed by atoms with E-state index in [4.69, 9.17) is 22.3 Å². The van der Waals surface area contributed by atoms with Crippen molar-refractivity contribution in [3.05, 3.63) is 45.2 Å². The van der Waals surface area contributed by atoms with E-state index >= 15 is 0 Å². The van der Waals surface area contributed by atoms with E-state index in [1.807, 2.05) is 12.1 Å². The SMILES string of the molecule is O=C(O)CCCCCCCCCCN1C(=O)C(=Cc2c(N3CCCC3)nc3ccccn3c2=O)SC1=S. The molecule has 0 spiro atoms. The minimum atomic E-state index is -0.723. The third-order valence-electron chi connectivity index (χ3n) is 6.83. The van der Waals surface area contributed by atoms with Crippen LogP contribution in [0.25, 0.3) is 11.7 Å². The van der Waals surface area contributed by atoms with Gasteiger partial charge in [-0.1, -0.05) is 68.6 Å². The summed E-state index contributed by atoms with van der Waals surface area (Å²) < 4.78 is 2.06. The molecular formula is C27H34N4O4S2. The molecule has 0 bridgehead atoms. The Morgan fingerprint density at radius 1 is 1.03 bits per heavy atom. The number of rotatable bonds is 13. The molecule has 4 rings (SSSR count). The number of anilines is 1. The predicted octanol–water partition coefficient (Wildman–Crippen LogP) is 5.09. The van der Waals surface area contributed by atoms with Crippen LogP contribution >= 0.6 is 24.0 Å². The number of thioether (sulfide) groups is 1. The van der Waals surface area contributed by atoms with Gasteiger partial charge in [0.25, 0.3) is 11.5 Å². The van der Waals surface area contributed by atoms with Gasteiger partial charge < -0.3 is 10.0 Å². The molecule has 2 fully saturated rings. The molecule has 8 nitrogen and oxygen atoms in total. The second-order valence-corrected chi connectivity index (χ2v) is 11.3. The van der Waals surface area contributed by atoms with Crippen LogP contribution in [0, 0.1) is 0 Å². The molecule has 0 saturated carbocycles. The fraction of sp³-hybridized carbons (Fsp3) is 0.519. The molecule has 1 N–H and O–H groups in total. The maximum atomic E-state index is 13.4. The number of aromatic nitrogens is 2. The van der Waals surface area contributed by atoms with Gasteiger partial charge in [-0.15, -0.1) is 0 Å². The Balaban J connectivity index is 1.36. The number of fused-ring (bicyclic) bond motifs is 1. The molecule has 0 aliphatic carbocycles. The number of nitrogens with zero attached hydrogens (tertiary/aromatic N) is 4. The zero-order valence-electron chi connectivity index (χ0n) is 21.1. The van der Waals surface area contributed by atoms with Crippen molar-refractivity contribution in [2.24, 2.45) is 0 Å². The molecule has 37 heavy (non-hydrogen) atoms. The fourth-order valence-electron chi connectivity index (χ4n) is 4.82. The molecule has 0 unspecified atom stereocenters. The second kappa shape index (κ2) is 13.2. The summed E-state index contributed by atoms with van der Waals surface area (Å²) in [6, 6.07) is 5.49. The minimum Gasteiger partial charge on any atom is -0.481 e. The number of aliphatic carboxylic acids is 1. The number of pyridine rings is 1. The topological polar surface area (TPSA) is 95.2 Å². The smallest absolute Gasteiger partial charge is 0.303 e. The van der Waals surface area contributed by atoms with Crippen molar-refractivity contribution in [2.75, 3.05) is 24.5 Å². The summed E-state index contributed by atoms with van der Waals surface area (Å²) in [5, 5.41) is 8.68. The summed E-state index contributed by atoms with van der Waals surface area (Å²) in [6.45, 7) is 2.27. The van der Waals surface area contributed by atoms with Crippen LogP contribution in [0.3, 0.4) is 0 Å². The van der Waals surface area contributed by atoms with Crippen molar-refractivity contribution >= 4 is 57.7 Å². The van der Waals surface area contributed by atoms with E-state index in [0.29, 0.717) is 32.8 Å². The zero-order valence-corrected chi connectivity index (χ0v) is 22.7. The maximum Gasteiger partial charge on any atom is 0.303 e. The largest absolute Gasteiger partial charge is 0.481 e. The van der Waals surface area contributed by atoms with Crippen LogP contribution in [0.2, 0.25) is 0 Å². The first kappa shape index (κ1) is 27.3. The lowest BCUT2D eigenvalue weighted by molar-refractivity contribution is -0.137. The second-order valence-electron chi connectivity index (χ2n) is 9.58. The predicted molar refractivity (Wildman–Crippen MR) is 152 cm³/mol. The number of thiocarbonyl (C=S) groups is 1. The van der Waals surface area contributed by atoms with Gasteiger partial charge in [0, 0.05) is 32.3 Å². The van der Waals surface area contributed by atoms with Gasteiger partial charge >= 0.3 is 5.97 Å². The maximum absolute atomic E-state index is 13.4. The van der Waals surface area contributed by atoms with Crippen LogP contribution < -0.4 is 10.5 Å².